The molecule has 1 amide bonds. The lowest BCUT2D eigenvalue weighted by atomic mass is 10.1. The molecule has 1 heterocycles. The van der Waals surface area contributed by atoms with E-state index in [1.165, 1.54) is 5.56 Å². The molecule has 4 rings (SSSR count). The summed E-state index contributed by atoms with van der Waals surface area (Å²) in [7, 11) is 0. The van der Waals surface area contributed by atoms with Crippen LogP contribution in [0, 0.1) is 6.92 Å². The fourth-order valence-electron chi connectivity index (χ4n) is 3.16. The van der Waals surface area contributed by atoms with Gasteiger partial charge in [-0.25, -0.2) is 0 Å². The van der Waals surface area contributed by atoms with Crippen molar-refractivity contribution in [3.8, 4) is 5.75 Å². The van der Waals surface area contributed by atoms with Crippen molar-refractivity contribution < 1.29 is 9.53 Å². The maximum absolute atomic E-state index is 12.5. The van der Waals surface area contributed by atoms with Crippen LogP contribution in [0.4, 0.5) is 5.69 Å². The van der Waals surface area contributed by atoms with Crippen LogP contribution in [0.3, 0.4) is 0 Å². The van der Waals surface area contributed by atoms with Gasteiger partial charge >= 0.3 is 0 Å². The predicted molar refractivity (Wildman–Crippen MR) is 116 cm³/mol. The zero-order valence-corrected chi connectivity index (χ0v) is 17.0. The Hall–Kier alpha value is -2.43. The summed E-state index contributed by atoms with van der Waals surface area (Å²) in [4.78, 5) is 14.3. The molecule has 3 aromatic carbocycles. The lowest BCUT2D eigenvalue weighted by Crippen LogP contribution is -2.27. The smallest absolute Gasteiger partial charge is 0.238 e. The van der Waals surface area contributed by atoms with Crippen molar-refractivity contribution in [1.82, 2.24) is 0 Å². The molecule has 0 N–H and O–H groups in total. The number of ether oxygens (including phenoxy) is 1. The van der Waals surface area contributed by atoms with Crippen LogP contribution >= 0.6 is 23.4 Å². The summed E-state index contributed by atoms with van der Waals surface area (Å²) in [5.74, 6) is 1.36. The third-order valence-corrected chi connectivity index (χ3v) is 6.11. The Balaban J connectivity index is 1.53. The third-order valence-electron chi connectivity index (χ3n) is 4.64. The molecule has 1 saturated heterocycles. The van der Waals surface area contributed by atoms with Gasteiger partial charge in [0, 0.05) is 10.7 Å². The number of aryl methyl sites for hydroxylation is 1. The molecule has 142 valence electrons. The minimum Gasteiger partial charge on any atom is -0.489 e. The SMILES string of the molecule is Cc1ccc(COc2cccc([C@@H]3SCC(=O)N3c3ccc(Cl)cc3)c2)cc1. The summed E-state index contributed by atoms with van der Waals surface area (Å²) in [5, 5.41) is 0.586. The minimum absolute atomic E-state index is 0.0726. The highest BCUT2D eigenvalue weighted by molar-refractivity contribution is 8.00. The van der Waals surface area contributed by atoms with E-state index in [9.17, 15) is 4.79 Å². The van der Waals surface area contributed by atoms with Crippen LogP contribution in [0.1, 0.15) is 22.1 Å². The molecule has 5 heteroatoms. The second kappa shape index (κ2) is 8.29. The standard InChI is InChI=1S/C23H20ClNO2S/c1-16-5-7-17(8-6-16)14-27-21-4-2-3-18(13-21)23-25(22(26)15-28-23)20-11-9-19(24)10-12-20/h2-13,23H,14-15H2,1H3/t23-/m0/s1. The zero-order chi connectivity index (χ0) is 19.5. The molecule has 0 aliphatic carbocycles. The molecule has 0 aromatic heterocycles. The van der Waals surface area contributed by atoms with Gasteiger partial charge in [-0.3, -0.25) is 9.69 Å². The van der Waals surface area contributed by atoms with E-state index >= 15 is 0 Å². The number of carbonyl (C=O) groups is 1. The molecular weight excluding hydrogens is 390 g/mol. The Kier molecular flexibility index (Phi) is 5.60. The molecular formula is C23H20ClNO2S. The van der Waals surface area contributed by atoms with E-state index < -0.39 is 0 Å². The summed E-state index contributed by atoms with van der Waals surface area (Å²) in [6, 6.07) is 23.7. The molecule has 0 bridgehead atoms. The van der Waals surface area contributed by atoms with Crippen LogP contribution in [0.2, 0.25) is 5.02 Å². The van der Waals surface area contributed by atoms with Gasteiger partial charge in [-0.2, -0.15) is 0 Å². The molecule has 0 unspecified atom stereocenters. The summed E-state index contributed by atoms with van der Waals surface area (Å²) in [6.45, 7) is 2.59. The Morgan fingerprint density at radius 2 is 1.82 bits per heavy atom. The zero-order valence-electron chi connectivity index (χ0n) is 15.5. The fourth-order valence-corrected chi connectivity index (χ4v) is 4.45. The Morgan fingerprint density at radius 1 is 1.07 bits per heavy atom. The fraction of sp³-hybridized carbons (Fsp3) is 0.174. The predicted octanol–water partition coefficient (Wildman–Crippen LogP) is 6.01. The van der Waals surface area contributed by atoms with E-state index in [-0.39, 0.29) is 11.3 Å². The van der Waals surface area contributed by atoms with Gasteiger partial charge in [0.2, 0.25) is 5.91 Å². The second-order valence-corrected chi connectivity index (χ2v) is 8.26. The number of hydrogen-bond donors (Lipinski definition) is 0. The van der Waals surface area contributed by atoms with E-state index in [1.54, 1.807) is 11.8 Å². The van der Waals surface area contributed by atoms with E-state index in [0.29, 0.717) is 17.4 Å². The van der Waals surface area contributed by atoms with Crippen LogP contribution in [0.5, 0.6) is 5.75 Å². The number of carbonyl (C=O) groups excluding carboxylic acids is 1. The van der Waals surface area contributed by atoms with Gasteiger partial charge in [-0.1, -0.05) is 53.6 Å². The highest BCUT2D eigenvalue weighted by atomic mass is 35.5. The van der Waals surface area contributed by atoms with Gasteiger partial charge in [0.05, 0.1) is 5.75 Å². The maximum Gasteiger partial charge on any atom is 0.238 e. The summed E-state index contributed by atoms with van der Waals surface area (Å²) in [6.07, 6.45) is 0. The van der Waals surface area contributed by atoms with Crippen molar-refractivity contribution in [2.75, 3.05) is 10.7 Å². The summed E-state index contributed by atoms with van der Waals surface area (Å²) < 4.78 is 5.99. The number of benzene rings is 3. The summed E-state index contributed by atoms with van der Waals surface area (Å²) in [5.41, 5.74) is 4.27. The molecule has 3 aromatic rings. The van der Waals surface area contributed by atoms with E-state index in [4.69, 9.17) is 16.3 Å². The monoisotopic (exact) mass is 409 g/mol. The van der Waals surface area contributed by atoms with Crippen molar-refractivity contribution in [1.29, 1.82) is 0 Å². The summed E-state index contributed by atoms with van der Waals surface area (Å²) >= 11 is 7.62. The first kappa shape index (κ1) is 18.9. The van der Waals surface area contributed by atoms with Crippen molar-refractivity contribution in [3.05, 3.63) is 94.5 Å². The Labute approximate surface area is 174 Å². The first-order valence-electron chi connectivity index (χ1n) is 9.08. The molecule has 1 atom stereocenters. The number of nitrogens with zero attached hydrogens (tertiary/aromatic N) is 1. The van der Waals surface area contributed by atoms with Crippen LogP contribution in [0.15, 0.2) is 72.8 Å². The van der Waals surface area contributed by atoms with Gasteiger partial charge in [0.25, 0.3) is 0 Å². The lowest BCUT2D eigenvalue weighted by Gasteiger charge is -2.24. The van der Waals surface area contributed by atoms with Gasteiger partial charge in [-0.15, -0.1) is 11.8 Å². The van der Waals surface area contributed by atoms with E-state index in [1.807, 2.05) is 53.4 Å². The topological polar surface area (TPSA) is 29.5 Å². The van der Waals surface area contributed by atoms with Crippen LogP contribution < -0.4 is 9.64 Å². The number of anilines is 1. The number of rotatable bonds is 5. The number of halogens is 1. The Morgan fingerprint density at radius 3 is 2.57 bits per heavy atom. The van der Waals surface area contributed by atoms with Gasteiger partial charge in [0.15, 0.2) is 0 Å². The van der Waals surface area contributed by atoms with Crippen molar-refractivity contribution in [2.24, 2.45) is 0 Å². The van der Waals surface area contributed by atoms with Crippen LogP contribution in [-0.4, -0.2) is 11.7 Å². The molecule has 0 spiro atoms. The highest BCUT2D eigenvalue weighted by Gasteiger charge is 2.34. The normalized spacial score (nSPS) is 16.4. The first-order chi connectivity index (χ1) is 13.6. The molecule has 0 radical (unpaired) electrons. The van der Waals surface area contributed by atoms with Gasteiger partial charge in [-0.05, 0) is 54.4 Å². The van der Waals surface area contributed by atoms with Gasteiger partial charge in [0.1, 0.15) is 17.7 Å². The van der Waals surface area contributed by atoms with Gasteiger partial charge < -0.3 is 4.74 Å². The quantitative estimate of drug-likeness (QED) is 0.517. The number of amides is 1. The maximum atomic E-state index is 12.5. The van der Waals surface area contributed by atoms with E-state index in [0.717, 1.165) is 22.6 Å². The molecule has 1 aliphatic rings. The second-order valence-electron chi connectivity index (χ2n) is 6.75. The number of hydrogen-bond acceptors (Lipinski definition) is 3. The number of thioether (sulfide) groups is 1. The molecule has 1 fully saturated rings. The van der Waals surface area contributed by atoms with Crippen LogP contribution in [0.25, 0.3) is 0 Å². The van der Waals surface area contributed by atoms with Crippen molar-refractivity contribution in [3.63, 3.8) is 0 Å². The Bertz CT molecular complexity index is 973. The highest BCUT2D eigenvalue weighted by Crippen LogP contribution is 2.42. The first-order valence-corrected chi connectivity index (χ1v) is 10.5. The molecule has 28 heavy (non-hydrogen) atoms. The minimum atomic E-state index is -0.0726. The van der Waals surface area contributed by atoms with E-state index in [2.05, 4.69) is 31.2 Å². The van der Waals surface area contributed by atoms with Crippen molar-refractivity contribution in [2.45, 2.75) is 18.9 Å². The molecule has 3 nitrogen and oxygen atoms in total. The molecule has 0 saturated carbocycles. The third kappa shape index (κ3) is 4.18. The molecule has 1 aliphatic heterocycles. The average Bonchev–Trinajstić information content (AvgIpc) is 3.10. The van der Waals surface area contributed by atoms with Crippen molar-refractivity contribution >= 4 is 35.0 Å². The lowest BCUT2D eigenvalue weighted by molar-refractivity contribution is -0.115. The van der Waals surface area contributed by atoms with Crippen LogP contribution in [-0.2, 0) is 11.4 Å². The largest absolute Gasteiger partial charge is 0.489 e. The average molecular weight is 410 g/mol.